The summed E-state index contributed by atoms with van der Waals surface area (Å²) >= 11 is 0. The van der Waals surface area contributed by atoms with Crippen LogP contribution in [-0.2, 0) is 11.3 Å². The molecule has 4 rings (SSSR count). The van der Waals surface area contributed by atoms with Crippen LogP contribution in [0.1, 0.15) is 33.0 Å². The zero-order valence-electron chi connectivity index (χ0n) is 14.7. The highest BCUT2D eigenvalue weighted by Gasteiger charge is 2.34. The van der Waals surface area contributed by atoms with E-state index in [1.807, 2.05) is 0 Å². The van der Waals surface area contributed by atoms with E-state index >= 15 is 0 Å². The summed E-state index contributed by atoms with van der Waals surface area (Å²) in [7, 11) is 0. The monoisotopic (exact) mass is 377 g/mol. The predicted molar refractivity (Wildman–Crippen MR) is 95.8 cm³/mol. The van der Waals surface area contributed by atoms with Gasteiger partial charge < -0.3 is 9.73 Å². The van der Waals surface area contributed by atoms with E-state index in [-0.39, 0.29) is 49.0 Å². The van der Waals surface area contributed by atoms with Crippen LogP contribution in [0.4, 0.5) is 0 Å². The molecule has 0 saturated heterocycles. The van der Waals surface area contributed by atoms with Crippen molar-refractivity contribution in [1.29, 1.82) is 0 Å². The van der Waals surface area contributed by atoms with Crippen molar-refractivity contribution in [2.24, 2.45) is 0 Å². The Balaban J connectivity index is 1.30. The molecule has 9 heteroatoms. The molecule has 3 amide bonds. The van der Waals surface area contributed by atoms with Gasteiger partial charge in [0.25, 0.3) is 17.7 Å². The smallest absolute Gasteiger partial charge is 0.266 e. The van der Waals surface area contributed by atoms with Gasteiger partial charge in [-0.1, -0.05) is 18.2 Å². The number of rotatable bonds is 6. The lowest BCUT2D eigenvalue weighted by Crippen LogP contribution is -2.34. The van der Waals surface area contributed by atoms with Crippen LogP contribution in [0.5, 0.6) is 0 Å². The molecular weight excluding hydrogens is 362 g/mol. The number of hydrogen-bond donors (Lipinski definition) is 1. The van der Waals surface area contributed by atoms with E-state index in [2.05, 4.69) is 20.5 Å². The number of amides is 3. The van der Waals surface area contributed by atoms with E-state index in [9.17, 15) is 14.4 Å². The normalized spacial score (nSPS) is 12.9. The van der Waals surface area contributed by atoms with Crippen molar-refractivity contribution < 1.29 is 18.8 Å². The van der Waals surface area contributed by atoms with Gasteiger partial charge in [0.15, 0.2) is 0 Å². The molecule has 9 nitrogen and oxygen atoms in total. The van der Waals surface area contributed by atoms with Gasteiger partial charge in [0.05, 0.1) is 17.7 Å². The van der Waals surface area contributed by atoms with Crippen LogP contribution >= 0.6 is 0 Å². The second-order valence-corrected chi connectivity index (χ2v) is 6.05. The Hall–Kier alpha value is -3.88. The Kier molecular flexibility index (Phi) is 4.63. The summed E-state index contributed by atoms with van der Waals surface area (Å²) in [5.74, 6) is -0.615. The molecular formula is C19H15N5O4. The first kappa shape index (κ1) is 17.5. The number of fused-ring (bicyclic) bond motifs is 1. The van der Waals surface area contributed by atoms with E-state index in [0.29, 0.717) is 16.8 Å². The van der Waals surface area contributed by atoms with Crippen molar-refractivity contribution in [1.82, 2.24) is 25.4 Å². The van der Waals surface area contributed by atoms with Crippen LogP contribution < -0.4 is 5.32 Å². The molecule has 28 heavy (non-hydrogen) atoms. The fraction of sp³-hybridized carbons (Fsp3) is 0.158. The van der Waals surface area contributed by atoms with Gasteiger partial charge >= 0.3 is 0 Å². The van der Waals surface area contributed by atoms with Gasteiger partial charge in [-0.15, -0.1) is 10.2 Å². The molecule has 2 aromatic heterocycles. The highest BCUT2D eigenvalue weighted by atomic mass is 16.4. The lowest BCUT2D eigenvalue weighted by atomic mass is 10.1. The van der Waals surface area contributed by atoms with Crippen LogP contribution in [-0.4, -0.2) is 44.3 Å². The Morgan fingerprint density at radius 2 is 1.71 bits per heavy atom. The van der Waals surface area contributed by atoms with Gasteiger partial charge in [0.1, 0.15) is 5.69 Å². The maximum Gasteiger partial charge on any atom is 0.266 e. The number of nitrogens with zero attached hydrogens (tertiary/aromatic N) is 4. The van der Waals surface area contributed by atoms with Crippen molar-refractivity contribution in [2.75, 3.05) is 6.54 Å². The first-order valence-corrected chi connectivity index (χ1v) is 8.59. The maximum absolute atomic E-state index is 12.3. The number of carbonyl (C=O) groups is 3. The van der Waals surface area contributed by atoms with Gasteiger partial charge in [0, 0.05) is 19.2 Å². The Morgan fingerprint density at radius 3 is 2.39 bits per heavy atom. The van der Waals surface area contributed by atoms with E-state index in [4.69, 9.17) is 4.42 Å². The first-order chi connectivity index (χ1) is 13.6. The maximum atomic E-state index is 12.3. The van der Waals surface area contributed by atoms with Crippen LogP contribution in [0, 0.1) is 0 Å². The predicted octanol–water partition coefficient (Wildman–Crippen LogP) is 1.43. The minimum Gasteiger partial charge on any atom is -0.417 e. The van der Waals surface area contributed by atoms with Gasteiger partial charge in [-0.25, -0.2) is 0 Å². The highest BCUT2D eigenvalue weighted by molar-refractivity contribution is 6.21. The number of hydrogen-bond acceptors (Lipinski definition) is 7. The molecule has 0 bridgehead atoms. The third-order valence-corrected chi connectivity index (χ3v) is 4.23. The molecule has 3 heterocycles. The van der Waals surface area contributed by atoms with E-state index in [1.165, 1.54) is 0 Å². The van der Waals surface area contributed by atoms with Crippen molar-refractivity contribution >= 4 is 17.7 Å². The number of carbonyl (C=O) groups excluding carboxylic acids is 3. The summed E-state index contributed by atoms with van der Waals surface area (Å²) in [4.78, 5) is 41.8. The second kappa shape index (κ2) is 7.39. The Labute approximate surface area is 159 Å². The topological polar surface area (TPSA) is 118 Å². The number of nitrogens with one attached hydrogen (secondary N) is 1. The molecule has 1 aromatic carbocycles. The van der Waals surface area contributed by atoms with Crippen LogP contribution in [0.15, 0.2) is 53.1 Å². The molecule has 0 spiro atoms. The summed E-state index contributed by atoms with van der Waals surface area (Å²) in [5.41, 5.74) is 1.26. The molecule has 0 radical (unpaired) electrons. The largest absolute Gasteiger partial charge is 0.417 e. The molecule has 1 aliphatic rings. The molecule has 0 saturated carbocycles. The Morgan fingerprint density at radius 1 is 1.00 bits per heavy atom. The molecule has 140 valence electrons. The lowest BCUT2D eigenvalue weighted by molar-refractivity contribution is -0.121. The summed E-state index contributed by atoms with van der Waals surface area (Å²) < 4.78 is 5.46. The number of pyridine rings is 1. The fourth-order valence-corrected chi connectivity index (χ4v) is 2.84. The highest BCUT2D eigenvalue weighted by Crippen LogP contribution is 2.22. The van der Waals surface area contributed by atoms with Crippen molar-refractivity contribution in [2.45, 2.75) is 13.0 Å². The molecule has 0 aliphatic carbocycles. The standard InChI is InChI=1S/C19H15N5O4/c25-15(8-10-24-18(26)12-5-1-2-6-13(12)19(24)27)21-11-16-22-23-17(28-16)14-7-3-4-9-20-14/h1-7,9H,8,10-11H2,(H,21,25). The average Bonchev–Trinajstić information content (AvgIpc) is 3.30. The van der Waals surface area contributed by atoms with E-state index < -0.39 is 0 Å². The van der Waals surface area contributed by atoms with E-state index in [1.54, 1.807) is 48.7 Å². The molecule has 0 atom stereocenters. The van der Waals surface area contributed by atoms with Crippen LogP contribution in [0.25, 0.3) is 11.6 Å². The number of aromatic nitrogens is 3. The van der Waals surface area contributed by atoms with Crippen molar-refractivity contribution in [3.8, 4) is 11.6 Å². The summed E-state index contributed by atoms with van der Waals surface area (Å²) in [6, 6.07) is 11.9. The second-order valence-electron chi connectivity index (χ2n) is 6.05. The minimum atomic E-state index is -0.384. The number of imide groups is 1. The SMILES string of the molecule is O=C(CCN1C(=O)c2ccccc2C1=O)NCc1nnc(-c2ccccn2)o1. The third kappa shape index (κ3) is 3.37. The van der Waals surface area contributed by atoms with Gasteiger partial charge in [-0.3, -0.25) is 24.3 Å². The quantitative estimate of drug-likeness (QED) is 0.646. The van der Waals surface area contributed by atoms with Crippen LogP contribution in [0.2, 0.25) is 0 Å². The van der Waals surface area contributed by atoms with Crippen LogP contribution in [0.3, 0.4) is 0 Å². The molecule has 0 fully saturated rings. The average molecular weight is 377 g/mol. The molecule has 3 aromatic rings. The van der Waals surface area contributed by atoms with E-state index in [0.717, 1.165) is 4.90 Å². The van der Waals surface area contributed by atoms with Crippen molar-refractivity contribution in [3.05, 3.63) is 65.7 Å². The van der Waals surface area contributed by atoms with Crippen molar-refractivity contribution in [3.63, 3.8) is 0 Å². The zero-order valence-corrected chi connectivity index (χ0v) is 14.7. The summed E-state index contributed by atoms with van der Waals surface area (Å²) in [6.45, 7) is 0.0436. The fourth-order valence-electron chi connectivity index (χ4n) is 2.84. The third-order valence-electron chi connectivity index (χ3n) is 4.23. The lowest BCUT2D eigenvalue weighted by Gasteiger charge is -2.13. The molecule has 1 N–H and O–H groups in total. The van der Waals surface area contributed by atoms with Gasteiger partial charge in [0.2, 0.25) is 11.8 Å². The number of benzene rings is 1. The Bertz CT molecular complexity index is 1010. The first-order valence-electron chi connectivity index (χ1n) is 8.59. The minimum absolute atomic E-state index is 0.00119. The zero-order chi connectivity index (χ0) is 19.5. The molecule has 1 aliphatic heterocycles. The van der Waals surface area contributed by atoms with Gasteiger partial charge in [-0.05, 0) is 24.3 Å². The summed E-state index contributed by atoms with van der Waals surface area (Å²) in [6.07, 6.45) is 1.59. The molecule has 0 unspecified atom stereocenters. The summed E-state index contributed by atoms with van der Waals surface area (Å²) in [5, 5.41) is 10.4. The van der Waals surface area contributed by atoms with Gasteiger partial charge in [-0.2, -0.15) is 0 Å².